The van der Waals surface area contributed by atoms with E-state index in [0.29, 0.717) is 26.6 Å². The number of alkyl halides is 3. The van der Waals surface area contributed by atoms with Gasteiger partial charge in [0.2, 0.25) is 0 Å². The van der Waals surface area contributed by atoms with Crippen molar-refractivity contribution < 1.29 is 22.8 Å². The molecule has 0 bridgehead atoms. The molecule has 4 aromatic rings. The Hall–Kier alpha value is -5.63. The third-order valence-electron chi connectivity index (χ3n) is 7.64. The van der Waals surface area contributed by atoms with E-state index >= 15 is 0 Å². The number of halogens is 4. The highest BCUT2D eigenvalue weighted by atomic mass is 35.5. The van der Waals surface area contributed by atoms with Gasteiger partial charge in [-0.05, 0) is 83.1 Å². The van der Waals surface area contributed by atoms with E-state index in [4.69, 9.17) is 11.6 Å². The second kappa shape index (κ2) is 16.2. The number of amides is 2. The Morgan fingerprint density at radius 3 is 1.84 bits per heavy atom. The van der Waals surface area contributed by atoms with Crippen LogP contribution >= 0.6 is 11.6 Å². The van der Waals surface area contributed by atoms with Crippen LogP contribution in [0.4, 0.5) is 13.2 Å². The Bertz CT molecular complexity index is 2010. The average molecular weight is 698 g/mol. The second-order valence-electron chi connectivity index (χ2n) is 12.5. The van der Waals surface area contributed by atoms with Crippen molar-refractivity contribution >= 4 is 23.4 Å². The van der Waals surface area contributed by atoms with Crippen LogP contribution in [0.1, 0.15) is 83.4 Å². The Labute approximate surface area is 295 Å². The van der Waals surface area contributed by atoms with Gasteiger partial charge in [0.1, 0.15) is 23.0 Å². The molecular formula is C39H35ClF3N5O2. The highest BCUT2D eigenvalue weighted by Gasteiger charge is 2.52. The van der Waals surface area contributed by atoms with Crippen molar-refractivity contribution in [3.63, 3.8) is 0 Å². The monoisotopic (exact) mass is 697 g/mol. The van der Waals surface area contributed by atoms with Crippen molar-refractivity contribution in [1.82, 2.24) is 19.8 Å². The zero-order chi connectivity index (χ0) is 37.3. The molecule has 0 radical (unpaired) electrons. The van der Waals surface area contributed by atoms with Gasteiger partial charge in [-0.1, -0.05) is 59.5 Å². The Kier molecular flexibility index (Phi) is 12.6. The minimum atomic E-state index is -4.56. The molecular weight excluding hydrogens is 663 g/mol. The fraction of sp³-hybridized carbons (Fsp3) is 0.256. The molecule has 0 saturated carbocycles. The first-order chi connectivity index (χ1) is 23.3. The summed E-state index contributed by atoms with van der Waals surface area (Å²) in [5.41, 5.74) is 0.362. The number of nitriles is 1. The Morgan fingerprint density at radius 2 is 1.28 bits per heavy atom. The lowest BCUT2D eigenvalue weighted by molar-refractivity contribution is -0.208. The molecule has 2 amide bonds. The van der Waals surface area contributed by atoms with Crippen molar-refractivity contribution in [3.05, 3.63) is 129 Å². The van der Waals surface area contributed by atoms with Crippen LogP contribution in [0.3, 0.4) is 0 Å². The maximum Gasteiger partial charge on any atom is 0.411 e. The Balaban J connectivity index is 0.000000271. The normalized spacial score (nSPS) is 10.9. The van der Waals surface area contributed by atoms with E-state index in [2.05, 4.69) is 33.6 Å². The van der Waals surface area contributed by atoms with E-state index < -0.39 is 17.6 Å². The molecule has 2 heterocycles. The summed E-state index contributed by atoms with van der Waals surface area (Å²) in [5, 5.41) is 9.91. The SMILES string of the molecule is CN(C(=O)c1ccc(C#Cc2cccc(Cl)c2)cn1)C(C)(C)C(F)(F)F.CN(C(=O)c1ncc(C#Cc2ccccc2)cc1C#N)C(C)(C)C. The number of carbonyl (C=O) groups is 2. The molecule has 11 heteroatoms. The van der Waals surface area contributed by atoms with Gasteiger partial charge in [0.05, 0.1) is 5.56 Å². The van der Waals surface area contributed by atoms with E-state index in [-0.39, 0.29) is 28.4 Å². The molecule has 0 atom stereocenters. The predicted molar refractivity (Wildman–Crippen MR) is 187 cm³/mol. The van der Waals surface area contributed by atoms with Crippen LogP contribution < -0.4 is 0 Å². The van der Waals surface area contributed by atoms with Gasteiger partial charge in [-0.25, -0.2) is 9.97 Å². The molecule has 0 aliphatic rings. The van der Waals surface area contributed by atoms with E-state index in [9.17, 15) is 28.0 Å². The standard InChI is InChI=1S/C20H19N3O.C19H16ClF3N2O/c1-20(2,3)23(4)19(24)18-17(13-21)12-16(14-22-18)11-10-15-8-6-5-7-9-15;1-18(2,19(21,22)23)25(3)17(26)16-10-9-14(12-24-16)8-7-13-5-4-6-15(20)11-13/h5-9,12,14H,1-4H3;4-6,9-12H,1-3H3. The topological polar surface area (TPSA) is 90.2 Å². The number of hydrogen-bond donors (Lipinski definition) is 0. The van der Waals surface area contributed by atoms with E-state index in [1.54, 1.807) is 42.3 Å². The first-order valence-electron chi connectivity index (χ1n) is 15.2. The molecule has 50 heavy (non-hydrogen) atoms. The van der Waals surface area contributed by atoms with Crippen LogP contribution in [-0.2, 0) is 0 Å². The molecule has 0 aliphatic heterocycles. The van der Waals surface area contributed by atoms with E-state index in [1.807, 2.05) is 57.2 Å². The van der Waals surface area contributed by atoms with Crippen LogP contribution in [0.15, 0.2) is 85.2 Å². The number of carbonyl (C=O) groups excluding carboxylic acids is 2. The molecule has 0 fully saturated rings. The van der Waals surface area contributed by atoms with E-state index in [1.165, 1.54) is 24.5 Å². The molecule has 0 aliphatic carbocycles. The first-order valence-corrected chi connectivity index (χ1v) is 15.6. The smallest absolute Gasteiger partial charge is 0.335 e. The van der Waals surface area contributed by atoms with Gasteiger partial charge in [-0.2, -0.15) is 18.4 Å². The number of pyridine rings is 2. The molecule has 0 unspecified atom stereocenters. The van der Waals surface area contributed by atoms with Crippen LogP contribution in [0, 0.1) is 35.0 Å². The fourth-order valence-electron chi connectivity index (χ4n) is 3.84. The van der Waals surface area contributed by atoms with Gasteiger partial charge in [0, 0.05) is 59.3 Å². The quantitative estimate of drug-likeness (QED) is 0.204. The minimum Gasteiger partial charge on any atom is -0.335 e. The van der Waals surface area contributed by atoms with Crippen molar-refractivity contribution in [3.8, 4) is 29.8 Å². The van der Waals surface area contributed by atoms with Gasteiger partial charge in [-0.15, -0.1) is 0 Å². The maximum absolute atomic E-state index is 13.1. The van der Waals surface area contributed by atoms with Crippen LogP contribution in [0.25, 0.3) is 0 Å². The summed E-state index contributed by atoms with van der Waals surface area (Å²) >= 11 is 5.88. The van der Waals surface area contributed by atoms with Gasteiger partial charge in [0.25, 0.3) is 11.8 Å². The number of benzene rings is 2. The summed E-state index contributed by atoms with van der Waals surface area (Å²) in [5.74, 6) is 10.7. The molecule has 4 rings (SSSR count). The third kappa shape index (κ3) is 10.2. The highest BCUT2D eigenvalue weighted by Crippen LogP contribution is 2.34. The number of aromatic nitrogens is 2. The van der Waals surface area contributed by atoms with E-state index in [0.717, 1.165) is 26.5 Å². The van der Waals surface area contributed by atoms with Gasteiger partial charge < -0.3 is 9.80 Å². The third-order valence-corrected chi connectivity index (χ3v) is 7.88. The van der Waals surface area contributed by atoms with Crippen molar-refractivity contribution in [1.29, 1.82) is 5.26 Å². The summed E-state index contributed by atoms with van der Waals surface area (Å²) in [6, 6.07) is 23.1. The van der Waals surface area contributed by atoms with Crippen LogP contribution in [0.2, 0.25) is 5.02 Å². The first kappa shape index (κ1) is 38.8. The molecule has 0 spiro atoms. The zero-order valence-corrected chi connectivity index (χ0v) is 29.4. The Morgan fingerprint density at radius 1 is 0.700 bits per heavy atom. The largest absolute Gasteiger partial charge is 0.411 e. The second-order valence-corrected chi connectivity index (χ2v) is 12.9. The highest BCUT2D eigenvalue weighted by molar-refractivity contribution is 6.30. The summed E-state index contributed by atoms with van der Waals surface area (Å²) in [6.45, 7) is 7.66. The molecule has 7 nitrogen and oxygen atoms in total. The lowest BCUT2D eigenvalue weighted by Gasteiger charge is -2.36. The van der Waals surface area contributed by atoms with Gasteiger partial charge in [0.15, 0.2) is 0 Å². The average Bonchev–Trinajstić information content (AvgIpc) is 3.08. The van der Waals surface area contributed by atoms with Crippen molar-refractivity contribution in [2.45, 2.75) is 51.9 Å². The van der Waals surface area contributed by atoms with Gasteiger partial charge >= 0.3 is 6.18 Å². The van der Waals surface area contributed by atoms with Crippen LogP contribution in [0.5, 0.6) is 0 Å². The number of hydrogen-bond acceptors (Lipinski definition) is 5. The lowest BCUT2D eigenvalue weighted by atomic mass is 10.0. The fourth-order valence-corrected chi connectivity index (χ4v) is 4.03. The molecule has 2 aromatic heterocycles. The summed E-state index contributed by atoms with van der Waals surface area (Å²) < 4.78 is 39.2. The summed E-state index contributed by atoms with van der Waals surface area (Å²) in [7, 11) is 2.80. The molecule has 0 N–H and O–H groups in total. The lowest BCUT2D eigenvalue weighted by Crippen LogP contribution is -2.55. The summed E-state index contributed by atoms with van der Waals surface area (Å²) in [4.78, 5) is 35.1. The molecule has 2 aromatic carbocycles. The number of rotatable bonds is 3. The molecule has 256 valence electrons. The summed E-state index contributed by atoms with van der Waals surface area (Å²) in [6.07, 6.45) is -1.68. The van der Waals surface area contributed by atoms with Crippen molar-refractivity contribution in [2.75, 3.05) is 14.1 Å². The maximum atomic E-state index is 13.1. The van der Waals surface area contributed by atoms with Crippen molar-refractivity contribution in [2.24, 2.45) is 0 Å². The molecule has 0 saturated heterocycles. The minimum absolute atomic E-state index is 0.0851. The zero-order valence-electron chi connectivity index (χ0n) is 28.6. The predicted octanol–water partition coefficient (Wildman–Crippen LogP) is 7.77. The number of nitrogens with zero attached hydrogens (tertiary/aromatic N) is 5. The van der Waals surface area contributed by atoms with Gasteiger partial charge in [-0.3, -0.25) is 9.59 Å². The van der Waals surface area contributed by atoms with Crippen LogP contribution in [-0.4, -0.2) is 62.9 Å².